The van der Waals surface area contributed by atoms with Crippen LogP contribution in [-0.4, -0.2) is 25.8 Å². The Hall–Kier alpha value is -0.650. The topological polar surface area (TPSA) is 37.4 Å². The predicted molar refractivity (Wildman–Crippen MR) is 75.3 cm³/mol. The lowest BCUT2D eigenvalue weighted by atomic mass is 10.2. The van der Waals surface area contributed by atoms with Crippen molar-refractivity contribution in [3.63, 3.8) is 0 Å². The molecule has 19 heavy (non-hydrogen) atoms. The van der Waals surface area contributed by atoms with E-state index in [1.807, 2.05) is 6.92 Å². The van der Waals surface area contributed by atoms with Gasteiger partial charge in [-0.25, -0.2) is 12.8 Å². The van der Waals surface area contributed by atoms with Crippen molar-refractivity contribution in [1.29, 1.82) is 0 Å². The highest BCUT2D eigenvalue weighted by Crippen LogP contribution is 2.21. The lowest BCUT2D eigenvalue weighted by Gasteiger charge is -2.20. The van der Waals surface area contributed by atoms with E-state index in [1.165, 1.54) is 22.5 Å². The maximum absolute atomic E-state index is 13.9. The number of hydrogen-bond acceptors (Lipinski definition) is 2. The van der Waals surface area contributed by atoms with Crippen LogP contribution in [0.1, 0.15) is 32.3 Å². The monoisotopic (exact) mass is 307 g/mol. The molecule has 0 spiro atoms. The molecule has 0 aliphatic rings. The summed E-state index contributed by atoms with van der Waals surface area (Å²) in [5.41, 5.74) is 0.565. The minimum Gasteiger partial charge on any atom is -0.207 e. The molecule has 1 aromatic rings. The second-order valence-corrected chi connectivity index (χ2v) is 6.42. The zero-order valence-electron chi connectivity index (χ0n) is 11.2. The molecule has 0 heterocycles. The molecule has 6 heteroatoms. The fourth-order valence-electron chi connectivity index (χ4n) is 1.76. The number of halogens is 2. The highest BCUT2D eigenvalue weighted by Gasteiger charge is 2.25. The first-order valence-corrected chi connectivity index (χ1v) is 8.29. The van der Waals surface area contributed by atoms with Gasteiger partial charge in [-0.15, -0.1) is 11.6 Å². The van der Waals surface area contributed by atoms with Gasteiger partial charge in [0.05, 0.1) is 0 Å². The molecule has 0 radical (unpaired) electrons. The Kier molecular flexibility index (Phi) is 6.23. The quantitative estimate of drug-likeness (QED) is 0.724. The number of alkyl halides is 1. The van der Waals surface area contributed by atoms with Crippen LogP contribution in [0.4, 0.5) is 4.39 Å². The Balaban J connectivity index is 3.11. The number of nitrogens with zero attached hydrogens (tertiary/aromatic N) is 1. The van der Waals surface area contributed by atoms with Gasteiger partial charge < -0.3 is 0 Å². The van der Waals surface area contributed by atoms with Crippen LogP contribution in [0.2, 0.25) is 0 Å². The average molecular weight is 308 g/mol. The van der Waals surface area contributed by atoms with Crippen molar-refractivity contribution in [3.05, 3.63) is 29.6 Å². The molecule has 0 aliphatic heterocycles. The summed E-state index contributed by atoms with van der Waals surface area (Å²) in [6.45, 7) is 4.47. The zero-order valence-corrected chi connectivity index (χ0v) is 12.8. The summed E-state index contributed by atoms with van der Waals surface area (Å²) in [4.78, 5) is -0.278. The van der Waals surface area contributed by atoms with E-state index in [9.17, 15) is 12.8 Å². The third-order valence-electron chi connectivity index (χ3n) is 2.88. The van der Waals surface area contributed by atoms with E-state index in [2.05, 4.69) is 0 Å². The summed E-state index contributed by atoms with van der Waals surface area (Å²) >= 11 is 5.60. The first-order chi connectivity index (χ1) is 8.97. The first kappa shape index (κ1) is 16.4. The fraction of sp³-hybridized carbons (Fsp3) is 0.538. The lowest BCUT2D eigenvalue weighted by molar-refractivity contribution is 0.415. The van der Waals surface area contributed by atoms with E-state index in [4.69, 9.17) is 11.6 Å². The lowest BCUT2D eigenvalue weighted by Crippen LogP contribution is -2.32. The zero-order chi connectivity index (χ0) is 14.5. The van der Waals surface area contributed by atoms with Crippen LogP contribution in [0, 0.1) is 5.82 Å². The van der Waals surface area contributed by atoms with Crippen LogP contribution in [0.5, 0.6) is 0 Å². The predicted octanol–water partition coefficient (Wildman–Crippen LogP) is 3.38. The van der Waals surface area contributed by atoms with Gasteiger partial charge in [-0.2, -0.15) is 4.31 Å². The van der Waals surface area contributed by atoms with Crippen LogP contribution in [0.15, 0.2) is 23.1 Å². The molecule has 1 aromatic carbocycles. The maximum atomic E-state index is 13.9. The van der Waals surface area contributed by atoms with Gasteiger partial charge >= 0.3 is 0 Å². The summed E-state index contributed by atoms with van der Waals surface area (Å²) < 4.78 is 39.9. The summed E-state index contributed by atoms with van der Waals surface area (Å²) in [6.07, 6.45) is 1.65. The van der Waals surface area contributed by atoms with Gasteiger partial charge in [0, 0.05) is 19.0 Å². The molecule has 3 nitrogen and oxygen atoms in total. The molecule has 0 saturated heterocycles. The molecule has 1 rings (SSSR count). The SMILES string of the molecule is CCCCN(CC)S(=O)(=O)c1ccc(CCl)cc1F. The van der Waals surface area contributed by atoms with Crippen LogP contribution >= 0.6 is 11.6 Å². The van der Waals surface area contributed by atoms with Gasteiger partial charge in [0.25, 0.3) is 0 Å². The van der Waals surface area contributed by atoms with E-state index in [-0.39, 0.29) is 10.8 Å². The molecule has 0 saturated carbocycles. The molecule has 0 N–H and O–H groups in total. The standard InChI is InChI=1S/C13H19ClFNO2S/c1-3-5-8-16(4-2)19(17,18)13-7-6-11(10-14)9-12(13)15/h6-7,9H,3-5,8,10H2,1-2H3. The van der Waals surface area contributed by atoms with Gasteiger partial charge in [0.2, 0.25) is 10.0 Å². The van der Waals surface area contributed by atoms with Crippen LogP contribution in [0.3, 0.4) is 0 Å². The number of benzene rings is 1. The molecule has 0 atom stereocenters. The summed E-state index contributed by atoms with van der Waals surface area (Å²) in [5.74, 6) is -0.585. The second-order valence-electron chi connectivity index (χ2n) is 4.25. The maximum Gasteiger partial charge on any atom is 0.245 e. The molecule has 0 aromatic heterocycles. The molecule has 108 valence electrons. The molecule has 0 unspecified atom stereocenters. The second kappa shape index (κ2) is 7.22. The van der Waals surface area contributed by atoms with E-state index < -0.39 is 15.8 Å². The molecular formula is C13H19ClFNO2S. The van der Waals surface area contributed by atoms with Gasteiger partial charge in [-0.3, -0.25) is 0 Å². The third-order valence-corrected chi connectivity index (χ3v) is 5.20. The molecule has 0 amide bonds. The summed E-state index contributed by atoms with van der Waals surface area (Å²) in [6, 6.07) is 4.00. The highest BCUT2D eigenvalue weighted by molar-refractivity contribution is 7.89. The normalized spacial score (nSPS) is 12.1. The van der Waals surface area contributed by atoms with Crippen molar-refractivity contribution >= 4 is 21.6 Å². The summed E-state index contributed by atoms with van der Waals surface area (Å²) in [7, 11) is -3.76. The molecular weight excluding hydrogens is 289 g/mol. The largest absolute Gasteiger partial charge is 0.245 e. The van der Waals surface area contributed by atoms with Crippen LogP contribution in [0.25, 0.3) is 0 Å². The smallest absolute Gasteiger partial charge is 0.207 e. The van der Waals surface area contributed by atoms with E-state index in [1.54, 1.807) is 6.92 Å². The Morgan fingerprint density at radius 1 is 1.32 bits per heavy atom. The highest BCUT2D eigenvalue weighted by atomic mass is 35.5. The van der Waals surface area contributed by atoms with Gasteiger partial charge in [-0.1, -0.05) is 26.3 Å². The summed E-state index contributed by atoms with van der Waals surface area (Å²) in [5, 5.41) is 0. The van der Waals surface area contributed by atoms with Crippen molar-refractivity contribution in [2.75, 3.05) is 13.1 Å². The third kappa shape index (κ3) is 3.91. The number of sulfonamides is 1. The van der Waals surface area contributed by atoms with E-state index in [0.29, 0.717) is 18.7 Å². The number of hydrogen-bond donors (Lipinski definition) is 0. The Morgan fingerprint density at radius 2 is 2.00 bits per heavy atom. The Morgan fingerprint density at radius 3 is 2.47 bits per heavy atom. The van der Waals surface area contributed by atoms with Crippen molar-refractivity contribution in [3.8, 4) is 0 Å². The van der Waals surface area contributed by atoms with Gasteiger partial charge in [-0.05, 0) is 24.1 Å². The Bertz CT molecular complexity index is 519. The Labute approximate surface area is 119 Å². The molecule has 0 aliphatic carbocycles. The van der Waals surface area contributed by atoms with E-state index >= 15 is 0 Å². The number of unbranched alkanes of at least 4 members (excludes halogenated alkanes) is 1. The van der Waals surface area contributed by atoms with Crippen LogP contribution < -0.4 is 0 Å². The number of rotatable bonds is 7. The van der Waals surface area contributed by atoms with Crippen molar-refractivity contribution in [2.24, 2.45) is 0 Å². The van der Waals surface area contributed by atoms with Crippen molar-refractivity contribution < 1.29 is 12.8 Å². The van der Waals surface area contributed by atoms with Gasteiger partial charge in [0.1, 0.15) is 10.7 Å². The van der Waals surface area contributed by atoms with Crippen molar-refractivity contribution in [1.82, 2.24) is 4.31 Å². The average Bonchev–Trinajstić information content (AvgIpc) is 2.38. The molecule has 0 bridgehead atoms. The van der Waals surface area contributed by atoms with Gasteiger partial charge in [0.15, 0.2) is 0 Å². The minimum atomic E-state index is -3.76. The molecule has 0 fully saturated rings. The first-order valence-electron chi connectivity index (χ1n) is 6.31. The fourth-order valence-corrected chi connectivity index (χ4v) is 3.46. The van der Waals surface area contributed by atoms with Crippen molar-refractivity contribution in [2.45, 2.75) is 37.5 Å². The van der Waals surface area contributed by atoms with Crippen LogP contribution in [-0.2, 0) is 15.9 Å². The minimum absolute atomic E-state index is 0.157. The van der Waals surface area contributed by atoms with E-state index in [0.717, 1.165) is 12.8 Å².